The summed E-state index contributed by atoms with van der Waals surface area (Å²) in [5.41, 5.74) is 11.2. The van der Waals surface area contributed by atoms with E-state index in [9.17, 15) is 4.79 Å². The fourth-order valence-electron chi connectivity index (χ4n) is 4.21. The van der Waals surface area contributed by atoms with Crippen LogP contribution in [0.1, 0.15) is 47.2 Å². The predicted molar refractivity (Wildman–Crippen MR) is 129 cm³/mol. The largest absolute Gasteiger partial charge is 0.489 e. The van der Waals surface area contributed by atoms with E-state index in [1.165, 1.54) is 11.1 Å². The Kier molecular flexibility index (Phi) is 7.41. The number of aliphatic carboxylic acids is 1. The molecule has 2 heterocycles. The highest BCUT2D eigenvalue weighted by Crippen LogP contribution is 2.23. The maximum Gasteiger partial charge on any atom is 0.387 e. The number of rotatable bonds is 8. The third kappa shape index (κ3) is 6.12. The number of hydrogen-bond donors (Lipinski definition) is 2. The summed E-state index contributed by atoms with van der Waals surface area (Å²) in [6, 6.07) is 15.9. The first-order valence-corrected chi connectivity index (χ1v) is 11.3. The Labute approximate surface area is 199 Å². The van der Waals surface area contributed by atoms with Crippen LogP contribution in [0.5, 0.6) is 5.75 Å². The van der Waals surface area contributed by atoms with E-state index < -0.39 is 5.97 Å². The lowest BCUT2D eigenvalue weighted by Gasteiger charge is -2.26. The van der Waals surface area contributed by atoms with Gasteiger partial charge in [-0.15, -0.1) is 5.92 Å². The number of fused-ring (bicyclic) bond motifs is 1. The number of ether oxygens (including phenoxy) is 1. The molecular weight excluding hydrogens is 428 g/mol. The molecule has 1 atom stereocenters. The number of anilines is 1. The SMILES string of the molecule is CC#C[C@@H](CC(=O)O)c1ccc(OCc2cccc(CN3CCc4nc(N)[nH+]cc4C3)c2)cc1. The first-order valence-electron chi connectivity index (χ1n) is 11.3. The Balaban J connectivity index is 1.34. The molecular formula is C27H29N4O3+. The van der Waals surface area contributed by atoms with Gasteiger partial charge in [0.05, 0.1) is 18.5 Å². The summed E-state index contributed by atoms with van der Waals surface area (Å²) in [5, 5.41) is 9.11. The molecule has 0 unspecified atom stereocenters. The maximum atomic E-state index is 11.1. The van der Waals surface area contributed by atoms with Crippen LogP contribution < -0.4 is 15.5 Å². The van der Waals surface area contributed by atoms with Crippen molar-refractivity contribution in [3.8, 4) is 17.6 Å². The summed E-state index contributed by atoms with van der Waals surface area (Å²) in [4.78, 5) is 20.9. The molecule has 7 heteroatoms. The van der Waals surface area contributed by atoms with Crippen molar-refractivity contribution >= 4 is 11.9 Å². The number of carboxylic acid groups (broad SMARTS) is 1. The molecule has 2 aromatic carbocycles. The van der Waals surface area contributed by atoms with E-state index in [-0.39, 0.29) is 12.3 Å². The van der Waals surface area contributed by atoms with E-state index >= 15 is 0 Å². The van der Waals surface area contributed by atoms with Crippen molar-refractivity contribution in [1.82, 2.24) is 9.88 Å². The zero-order chi connectivity index (χ0) is 23.9. The van der Waals surface area contributed by atoms with Crippen LogP contribution >= 0.6 is 0 Å². The summed E-state index contributed by atoms with van der Waals surface area (Å²) in [7, 11) is 0. The third-order valence-electron chi connectivity index (χ3n) is 5.86. The second kappa shape index (κ2) is 10.8. The predicted octanol–water partition coefficient (Wildman–Crippen LogP) is 3.20. The first-order chi connectivity index (χ1) is 16.5. The van der Waals surface area contributed by atoms with Crippen molar-refractivity contribution in [2.45, 2.75) is 45.4 Å². The van der Waals surface area contributed by atoms with Gasteiger partial charge in [0.25, 0.3) is 0 Å². The van der Waals surface area contributed by atoms with Crippen LogP contribution in [-0.4, -0.2) is 27.5 Å². The number of carboxylic acids is 1. The Hall–Kier alpha value is -3.89. The number of nitrogens with one attached hydrogen (secondary N) is 1. The second-order valence-corrected chi connectivity index (χ2v) is 8.44. The standard InChI is InChI=1S/C27H28N4O3/c1-2-4-22(14-26(32)33)21-7-9-24(10-8-21)34-18-20-6-3-5-19(13-20)16-31-12-11-25-23(17-31)15-29-27(28)30-25/h3,5-10,13,15,22H,11-12,14,16-18H2,1H3,(H,32,33)(H2,28,29,30)/p+1/t22-/m0/s1. The van der Waals surface area contributed by atoms with E-state index in [0.717, 1.165) is 48.6 Å². The van der Waals surface area contributed by atoms with Crippen molar-refractivity contribution in [3.63, 3.8) is 0 Å². The number of hydrogen-bond acceptors (Lipinski definition) is 5. The Morgan fingerprint density at radius 1 is 1.26 bits per heavy atom. The van der Waals surface area contributed by atoms with Crippen molar-refractivity contribution in [1.29, 1.82) is 0 Å². The number of nitrogens with two attached hydrogens (primary N) is 1. The van der Waals surface area contributed by atoms with Gasteiger partial charge in [-0.05, 0) is 35.7 Å². The van der Waals surface area contributed by atoms with Crippen molar-refractivity contribution in [2.75, 3.05) is 12.3 Å². The highest BCUT2D eigenvalue weighted by atomic mass is 16.5. The molecule has 7 nitrogen and oxygen atoms in total. The van der Waals surface area contributed by atoms with E-state index in [4.69, 9.17) is 15.6 Å². The highest BCUT2D eigenvalue weighted by Gasteiger charge is 2.21. The second-order valence-electron chi connectivity index (χ2n) is 8.44. The number of aromatic amines is 1. The van der Waals surface area contributed by atoms with Gasteiger partial charge in [-0.1, -0.05) is 47.3 Å². The molecule has 3 aromatic rings. The van der Waals surface area contributed by atoms with Gasteiger partial charge in [0.2, 0.25) is 0 Å². The molecule has 4 rings (SSSR count). The summed E-state index contributed by atoms with van der Waals surface area (Å²) in [5.74, 6) is 5.81. The minimum atomic E-state index is -0.860. The van der Waals surface area contributed by atoms with Gasteiger partial charge in [-0.2, -0.15) is 0 Å². The molecule has 34 heavy (non-hydrogen) atoms. The molecule has 0 aliphatic carbocycles. The third-order valence-corrected chi connectivity index (χ3v) is 5.86. The van der Waals surface area contributed by atoms with Crippen LogP contribution in [0.15, 0.2) is 54.7 Å². The zero-order valence-electron chi connectivity index (χ0n) is 19.3. The summed E-state index contributed by atoms with van der Waals surface area (Å²) in [6.07, 6.45) is 2.83. The number of nitrogens with zero attached hydrogens (tertiary/aromatic N) is 2. The minimum absolute atomic E-state index is 0.0146. The lowest BCUT2D eigenvalue weighted by molar-refractivity contribution is -0.365. The Morgan fingerprint density at radius 2 is 2.06 bits per heavy atom. The zero-order valence-corrected chi connectivity index (χ0v) is 19.3. The molecule has 0 radical (unpaired) electrons. The first kappa shape index (κ1) is 23.3. The van der Waals surface area contributed by atoms with Gasteiger partial charge in [0.1, 0.15) is 18.1 Å². The number of benzene rings is 2. The van der Waals surface area contributed by atoms with Crippen molar-refractivity contribution in [2.24, 2.45) is 0 Å². The fraction of sp³-hybridized carbons (Fsp3) is 0.296. The van der Waals surface area contributed by atoms with Crippen LogP contribution in [0.3, 0.4) is 0 Å². The summed E-state index contributed by atoms with van der Waals surface area (Å²) < 4.78 is 5.98. The summed E-state index contributed by atoms with van der Waals surface area (Å²) >= 11 is 0. The Bertz CT molecular complexity index is 1210. The van der Waals surface area contributed by atoms with Gasteiger partial charge in [-0.25, -0.2) is 4.98 Å². The molecule has 0 bridgehead atoms. The van der Waals surface area contributed by atoms with Crippen molar-refractivity contribution < 1.29 is 19.6 Å². The van der Waals surface area contributed by atoms with Crippen LogP contribution in [0.2, 0.25) is 0 Å². The van der Waals surface area contributed by atoms with E-state index in [1.807, 2.05) is 30.5 Å². The van der Waals surface area contributed by atoms with Gasteiger partial charge in [0, 0.05) is 31.6 Å². The van der Waals surface area contributed by atoms with E-state index in [2.05, 4.69) is 51.0 Å². The maximum absolute atomic E-state index is 11.1. The van der Waals surface area contributed by atoms with Crippen LogP contribution in [0.25, 0.3) is 0 Å². The smallest absolute Gasteiger partial charge is 0.387 e. The van der Waals surface area contributed by atoms with Gasteiger partial charge < -0.3 is 9.84 Å². The quantitative estimate of drug-likeness (QED) is 0.504. The molecule has 0 saturated carbocycles. The van der Waals surface area contributed by atoms with Crippen LogP contribution in [0, 0.1) is 11.8 Å². The van der Waals surface area contributed by atoms with Crippen molar-refractivity contribution in [3.05, 3.63) is 82.7 Å². The molecule has 0 spiro atoms. The topological polar surface area (TPSA) is 103 Å². The number of aromatic nitrogens is 2. The molecule has 0 fully saturated rings. The normalized spacial score (nSPS) is 13.9. The highest BCUT2D eigenvalue weighted by molar-refractivity contribution is 5.69. The van der Waals surface area contributed by atoms with Crippen LogP contribution in [0.4, 0.5) is 5.95 Å². The molecule has 4 N–H and O–H groups in total. The molecule has 0 saturated heterocycles. The average molecular weight is 458 g/mol. The number of carbonyl (C=O) groups is 1. The van der Waals surface area contributed by atoms with E-state index in [1.54, 1.807) is 6.92 Å². The molecule has 1 aliphatic rings. The van der Waals surface area contributed by atoms with Gasteiger partial charge >= 0.3 is 11.9 Å². The molecule has 1 aliphatic heterocycles. The molecule has 174 valence electrons. The fourth-order valence-corrected chi connectivity index (χ4v) is 4.21. The lowest BCUT2D eigenvalue weighted by Crippen LogP contribution is -2.32. The minimum Gasteiger partial charge on any atom is -0.489 e. The molecule has 0 amide bonds. The molecule has 1 aromatic heterocycles. The van der Waals surface area contributed by atoms with Gasteiger partial charge in [0.15, 0.2) is 0 Å². The van der Waals surface area contributed by atoms with Crippen LogP contribution in [-0.2, 0) is 30.9 Å². The monoisotopic (exact) mass is 457 g/mol. The Morgan fingerprint density at radius 3 is 2.82 bits per heavy atom. The van der Waals surface area contributed by atoms with E-state index in [0.29, 0.717) is 12.6 Å². The number of H-pyrrole nitrogens is 1. The lowest BCUT2D eigenvalue weighted by atomic mass is 9.96. The summed E-state index contributed by atoms with van der Waals surface area (Å²) in [6.45, 7) is 4.83. The average Bonchev–Trinajstić information content (AvgIpc) is 2.83. The van der Waals surface area contributed by atoms with Gasteiger partial charge in [-0.3, -0.25) is 15.4 Å². The number of nitrogen functional groups attached to an aromatic ring is 1.